The molecule has 18 N–H and O–H groups in total. The molecule has 5 aromatic rings. The number of nitrogens with one attached hydrogen (secondary N) is 10. The van der Waals surface area contributed by atoms with Crippen molar-refractivity contribution in [1.82, 2.24) is 77.0 Å². The summed E-state index contributed by atoms with van der Waals surface area (Å²) in [6, 6.07) is 2.15. The number of ketones is 2. The van der Waals surface area contributed by atoms with E-state index in [1.54, 1.807) is 62.6 Å². The second kappa shape index (κ2) is 46.6. The molecule has 0 spiro atoms. The van der Waals surface area contributed by atoms with Crippen LogP contribution in [0.1, 0.15) is 148 Å². The molecule has 3 aromatic carbocycles. The van der Waals surface area contributed by atoms with Crippen molar-refractivity contribution in [2.24, 2.45) is 29.2 Å². The van der Waals surface area contributed by atoms with E-state index in [-0.39, 0.29) is 101 Å². The van der Waals surface area contributed by atoms with Crippen LogP contribution in [0.4, 0.5) is 0 Å². The second-order valence-corrected chi connectivity index (χ2v) is 34.8. The third-order valence-corrected chi connectivity index (χ3v) is 24.8. The van der Waals surface area contributed by atoms with Crippen LogP contribution in [0, 0.1) is 17.8 Å². The molecule has 127 heavy (non-hydrogen) atoms. The maximum absolute atomic E-state index is 15.7. The summed E-state index contributed by atoms with van der Waals surface area (Å²) in [7, 11) is 2.77. The number of aliphatic hydroxyl groups is 2. The van der Waals surface area contributed by atoms with Gasteiger partial charge in [0.15, 0.2) is 11.6 Å². The number of H-pyrrole nitrogens is 2. The number of phenolic OH excluding ortho intramolecular Hbond substituents is 1. The van der Waals surface area contributed by atoms with E-state index in [0.717, 1.165) is 26.5 Å². The number of para-hydroxylation sites is 2. The molecule has 14 amide bonds. The molecule has 0 bridgehead atoms. The summed E-state index contributed by atoms with van der Waals surface area (Å²) in [6.07, 6.45) is 1.15. The number of hydrogen-bond donors (Lipinski definition) is 16. The Kier molecular flexibility index (Phi) is 36.3. The lowest BCUT2D eigenvalue weighted by Crippen LogP contribution is -2.61. The van der Waals surface area contributed by atoms with Gasteiger partial charge in [0.2, 0.25) is 82.7 Å². The number of Topliss-reactive ketones (excluding diaryl/α,β-unsaturated/α-hetero) is 2. The number of carbonyl (C=O) groups excluding carboxylic acids is 16. The largest absolute Gasteiger partial charge is 0.508 e. The number of aromatic nitrogens is 2. The summed E-state index contributed by atoms with van der Waals surface area (Å²) < 4.78 is 0. The normalized spacial score (nSPS) is 26.2. The lowest BCUT2D eigenvalue weighted by molar-refractivity contribution is -0.150. The number of aliphatic hydroxyl groups excluding tert-OH is 2. The molecule has 38 nitrogen and oxygen atoms in total. The predicted molar refractivity (Wildman–Crippen MR) is 466 cm³/mol. The molecule has 6 heterocycles. The molecule has 2 aromatic heterocycles. The first kappa shape index (κ1) is 98.9. The number of rotatable bonds is 21. The number of amides is 14. The first-order chi connectivity index (χ1) is 60.5. The Morgan fingerprint density at radius 2 is 1.11 bits per heavy atom. The average Bonchev–Trinajstić information content (AvgIpc) is 1.72. The second-order valence-electron chi connectivity index (χ2n) is 33.7. The molecule has 0 saturated carbocycles. The van der Waals surface area contributed by atoms with Gasteiger partial charge in [-0.1, -0.05) is 102 Å². The number of phenols is 1. The first-order valence-electron chi connectivity index (χ1n) is 43.4. The van der Waals surface area contributed by atoms with Crippen LogP contribution in [-0.2, 0) is 101 Å². The van der Waals surface area contributed by atoms with Gasteiger partial charge in [-0.15, -0.1) is 11.8 Å². The molecule has 690 valence electrons. The summed E-state index contributed by atoms with van der Waals surface area (Å²) in [5.41, 5.74) is 14.5. The molecular weight excluding hydrogens is 1660 g/mol. The number of benzene rings is 3. The molecule has 9 rings (SSSR count). The number of nitrogens with two attached hydrogens (primary N) is 2. The zero-order valence-corrected chi connectivity index (χ0v) is 73.5. The molecule has 4 aliphatic rings. The Hall–Kier alpha value is -11.8. The van der Waals surface area contributed by atoms with Crippen molar-refractivity contribution >= 4 is 134 Å². The number of hydrogen-bond acceptors (Lipinski definition) is 22. The number of likely N-dealkylation sites (N-methyl/N-ethyl adjacent to an activating group) is 2. The Bertz CT molecular complexity index is 4810. The van der Waals surface area contributed by atoms with E-state index in [0.29, 0.717) is 64.2 Å². The highest BCUT2D eigenvalue weighted by Crippen LogP contribution is 2.32. The van der Waals surface area contributed by atoms with Crippen LogP contribution in [0.15, 0.2) is 85.2 Å². The number of nitrogens with zero attached hydrogens (tertiary/aromatic N) is 5. The third kappa shape index (κ3) is 26.4. The summed E-state index contributed by atoms with van der Waals surface area (Å²) >= 11 is 0.795. The van der Waals surface area contributed by atoms with Gasteiger partial charge in [0.1, 0.15) is 72.2 Å². The minimum Gasteiger partial charge on any atom is -0.508 e. The zero-order valence-electron chi connectivity index (χ0n) is 72.7. The number of aliphatic carboxylic acids is 1. The SMILES string of the molecule is CCCC[C@H]1C(=O)N(C)[C@@H](CCCC)C(=O)N[C@@H](C)C(=O)N[C@H](C(=O)NCC(N)=O)CSCC(=O)N[C@@H](Cc2ccc(O)cc2)C(=O)N2CCC[C@H]2C(=O)N[C@@H](CC(=O)O)C(=O)N2CCC[C@H]2C(=O)N[C@@H](CN)C(=O)N[C@@H](CC(C)C)C(=O)N2C[C@H](O)C[C@H]2C(=O)C[C@@H](Cc2c[nH]c3ccccc23)C(=O)N[C@@H](CO)C(=O)C[C@@H](Cc2c[nH]c3ccccc23)C(=O)N1C. The fraction of sp³-hybridized carbons (Fsp3) is 0.557. The molecule has 0 unspecified atom stereocenters. The Morgan fingerprint density at radius 3 is 1.68 bits per heavy atom. The van der Waals surface area contributed by atoms with Gasteiger partial charge in [0, 0.05) is 118 Å². The monoisotopic (exact) mass is 1780 g/mol. The van der Waals surface area contributed by atoms with Gasteiger partial charge in [-0.25, -0.2) is 0 Å². The minimum absolute atomic E-state index is 0.00876. The van der Waals surface area contributed by atoms with Gasteiger partial charge in [-0.2, -0.15) is 0 Å². The van der Waals surface area contributed by atoms with Crippen LogP contribution in [0.5, 0.6) is 5.75 Å². The predicted octanol–water partition coefficient (Wildman–Crippen LogP) is -0.255. The molecule has 39 heteroatoms. The molecule has 4 aliphatic heterocycles. The third-order valence-electron chi connectivity index (χ3n) is 23.8. The van der Waals surface area contributed by atoms with Gasteiger partial charge in [0.05, 0.1) is 37.5 Å². The molecule has 4 fully saturated rings. The van der Waals surface area contributed by atoms with E-state index in [1.165, 1.54) is 55.1 Å². The van der Waals surface area contributed by atoms with Gasteiger partial charge in [-0.3, -0.25) is 81.5 Å². The molecule has 0 aliphatic carbocycles. The number of carbonyl (C=O) groups is 17. The van der Waals surface area contributed by atoms with Crippen LogP contribution < -0.4 is 54.0 Å². The van der Waals surface area contributed by atoms with Crippen molar-refractivity contribution in [3.8, 4) is 5.75 Å². The fourth-order valence-electron chi connectivity index (χ4n) is 16.9. The molecule has 15 atom stereocenters. The summed E-state index contributed by atoms with van der Waals surface area (Å²) in [4.78, 5) is 259. The molecular formula is C88H121N17O21S. The molecule has 4 saturated heterocycles. The summed E-state index contributed by atoms with van der Waals surface area (Å²) in [5.74, 6) is -19.4. The summed E-state index contributed by atoms with van der Waals surface area (Å²) in [5, 5.41) is 65.1. The van der Waals surface area contributed by atoms with Crippen LogP contribution >= 0.6 is 11.8 Å². The highest BCUT2D eigenvalue weighted by Gasteiger charge is 2.47. The Labute approximate surface area is 739 Å². The van der Waals surface area contributed by atoms with Gasteiger partial charge in [0.25, 0.3) is 0 Å². The number of aromatic hydroxyl groups is 1. The van der Waals surface area contributed by atoms with E-state index < -0.39 is 242 Å². The highest BCUT2D eigenvalue weighted by molar-refractivity contribution is 8.00. The van der Waals surface area contributed by atoms with E-state index >= 15 is 28.8 Å². The van der Waals surface area contributed by atoms with Crippen molar-refractivity contribution in [2.45, 2.75) is 229 Å². The van der Waals surface area contributed by atoms with Gasteiger partial charge >= 0.3 is 5.97 Å². The topological polar surface area (TPSA) is 567 Å². The standard InChI is InChI=1S/C88H121N17O21S/c1-8-10-22-67-81(119)94-49(5)77(115)100-66(79(117)93-43-74(90)111)46-127-47-75(112)95-62(33-50-26-28-55(107)29-27-50)85(123)103-30-16-24-68(103)82(120)97-63(39-76(113)114)86(124)104-31-17-25-69(104)83(121)98-64(40-89)80(118)96-61(32-48(3)4)87(125)105-44-56(108)38-71(105)73(110)36-51(34-53-41-91-59-20-14-12-18-57(53)59)78(116)99-65(45-106)72(109)37-52(35-54-42-92-60-21-15-13-19-58(54)60)84(122)102(7)70(23-11-9-2)88(126)101(67)6/h12-15,18-21,26-29,41-42,48-49,51-52,56,61-71,91-92,106-108H,8-11,16-17,22-25,30-40,43-47,89H2,1-7H3,(H2,90,111)(H,93,117)(H,94,119)(H,95,112)(H,96,118)(H,97,120)(H,98,121)(H,99,116)(H,100,115)(H,113,114)/t49-,51+,52+,56+,61-,62-,63-,64-,65-,66-,67-,68-,69-,70-,71-/m0/s1. The van der Waals surface area contributed by atoms with Crippen molar-refractivity contribution in [3.05, 3.63) is 102 Å². The van der Waals surface area contributed by atoms with E-state index in [2.05, 4.69) is 52.5 Å². The van der Waals surface area contributed by atoms with Gasteiger partial charge in [-0.05, 0) is 112 Å². The van der Waals surface area contributed by atoms with Crippen LogP contribution in [0.25, 0.3) is 21.8 Å². The maximum Gasteiger partial charge on any atom is 0.305 e. The number of thioether (sulfide) groups is 1. The van der Waals surface area contributed by atoms with Crippen LogP contribution in [0.2, 0.25) is 0 Å². The highest BCUT2D eigenvalue weighted by atomic mass is 32.2. The van der Waals surface area contributed by atoms with E-state index in [1.807, 2.05) is 26.0 Å². The Balaban J connectivity index is 1.06. The minimum atomic E-state index is -1.85. The van der Waals surface area contributed by atoms with E-state index in [4.69, 9.17) is 11.5 Å². The van der Waals surface area contributed by atoms with Crippen molar-refractivity contribution in [3.63, 3.8) is 0 Å². The lowest BCUT2D eigenvalue weighted by Gasteiger charge is -2.36. The first-order valence-corrected chi connectivity index (χ1v) is 44.5. The number of carboxylic acid groups (broad SMARTS) is 1. The van der Waals surface area contributed by atoms with Gasteiger partial charge < -0.3 is 109 Å². The lowest BCUT2D eigenvalue weighted by atomic mass is 9.88. The smallest absolute Gasteiger partial charge is 0.305 e. The quantitative estimate of drug-likeness (QED) is 0.0450. The number of unbranched alkanes of at least 4 members (excludes halogenated alkanes) is 2. The number of aromatic amines is 2. The Morgan fingerprint density at radius 1 is 0.575 bits per heavy atom. The maximum atomic E-state index is 15.7. The van der Waals surface area contributed by atoms with Crippen LogP contribution in [-0.4, -0.2) is 299 Å². The summed E-state index contributed by atoms with van der Waals surface area (Å²) in [6.45, 7) is 5.65. The number of primary amides is 1. The zero-order chi connectivity index (χ0) is 92.6. The van der Waals surface area contributed by atoms with Crippen molar-refractivity contribution < 1.29 is 102 Å². The van der Waals surface area contributed by atoms with Crippen molar-refractivity contribution in [1.29, 1.82) is 0 Å². The number of carboxylic acids is 1. The van der Waals surface area contributed by atoms with Crippen molar-refractivity contribution in [2.75, 3.05) is 64.9 Å². The average molecular weight is 1790 g/mol. The van der Waals surface area contributed by atoms with E-state index in [9.17, 15) is 73.2 Å². The number of fused-ring (bicyclic) bond motifs is 5. The molecule has 0 radical (unpaired) electrons. The fourth-order valence-corrected chi connectivity index (χ4v) is 17.8. The van der Waals surface area contributed by atoms with Crippen LogP contribution in [0.3, 0.4) is 0 Å².